The Kier molecular flexibility index (Phi) is 3.66. The van der Waals surface area contributed by atoms with Gasteiger partial charge in [-0.1, -0.05) is 15.9 Å². The van der Waals surface area contributed by atoms with Crippen molar-refractivity contribution in [2.24, 2.45) is 0 Å². The molecule has 0 aliphatic carbocycles. The first kappa shape index (κ1) is 11.4. The fourth-order valence-electron chi connectivity index (χ4n) is 1.77. The molecule has 1 aliphatic rings. The molecule has 4 N–H and O–H groups in total. The molecule has 82 valence electrons. The standard InChI is InChI=1S/C10H13Br2N3/c11-6-3-7(10(13)8(12)4-6)9-5-14-1-2-15-9/h3-4,9,14-15H,1-2,5,13H2/t9-/m1/s1. The maximum Gasteiger partial charge on any atom is 0.0508 e. The van der Waals surface area contributed by atoms with E-state index < -0.39 is 0 Å². The van der Waals surface area contributed by atoms with Crippen LogP contribution in [0.2, 0.25) is 0 Å². The summed E-state index contributed by atoms with van der Waals surface area (Å²) in [7, 11) is 0. The zero-order valence-corrected chi connectivity index (χ0v) is 11.4. The Morgan fingerprint density at radius 2 is 2.07 bits per heavy atom. The highest BCUT2D eigenvalue weighted by Crippen LogP contribution is 2.32. The summed E-state index contributed by atoms with van der Waals surface area (Å²) in [5.41, 5.74) is 8.01. The van der Waals surface area contributed by atoms with Crippen LogP contribution in [0.1, 0.15) is 11.6 Å². The summed E-state index contributed by atoms with van der Waals surface area (Å²) in [4.78, 5) is 0. The number of anilines is 1. The molecule has 1 saturated heterocycles. The summed E-state index contributed by atoms with van der Waals surface area (Å²) >= 11 is 6.94. The molecule has 15 heavy (non-hydrogen) atoms. The van der Waals surface area contributed by atoms with Gasteiger partial charge in [-0.05, 0) is 33.6 Å². The molecule has 5 heteroatoms. The van der Waals surface area contributed by atoms with Crippen LogP contribution in [-0.2, 0) is 0 Å². The van der Waals surface area contributed by atoms with Gasteiger partial charge in [0, 0.05) is 34.6 Å². The van der Waals surface area contributed by atoms with Crippen LogP contribution in [0.5, 0.6) is 0 Å². The van der Waals surface area contributed by atoms with Crippen LogP contribution in [0.25, 0.3) is 0 Å². The Hall–Kier alpha value is -0.100. The first-order chi connectivity index (χ1) is 7.18. The van der Waals surface area contributed by atoms with Crippen molar-refractivity contribution in [2.45, 2.75) is 6.04 Å². The molecule has 1 heterocycles. The topological polar surface area (TPSA) is 50.1 Å². The minimum absolute atomic E-state index is 0.299. The van der Waals surface area contributed by atoms with Gasteiger partial charge in [-0.3, -0.25) is 0 Å². The van der Waals surface area contributed by atoms with Crippen molar-refractivity contribution in [2.75, 3.05) is 25.4 Å². The number of hydrogen-bond acceptors (Lipinski definition) is 3. The van der Waals surface area contributed by atoms with Crippen molar-refractivity contribution >= 4 is 37.5 Å². The van der Waals surface area contributed by atoms with E-state index in [2.05, 4.69) is 48.6 Å². The Morgan fingerprint density at radius 3 is 2.73 bits per heavy atom. The average molecular weight is 335 g/mol. The lowest BCUT2D eigenvalue weighted by Gasteiger charge is -2.26. The number of hydrogen-bond donors (Lipinski definition) is 3. The maximum atomic E-state index is 6.05. The first-order valence-corrected chi connectivity index (χ1v) is 6.45. The SMILES string of the molecule is Nc1c(Br)cc(Br)cc1[C@H]1CNCCN1. The quantitative estimate of drug-likeness (QED) is 0.689. The lowest BCUT2D eigenvalue weighted by Crippen LogP contribution is -2.42. The summed E-state index contributed by atoms with van der Waals surface area (Å²) in [6, 6.07) is 4.34. The number of nitrogens with one attached hydrogen (secondary N) is 2. The van der Waals surface area contributed by atoms with Crippen molar-refractivity contribution in [1.82, 2.24) is 10.6 Å². The normalized spacial score (nSPS) is 21.6. The van der Waals surface area contributed by atoms with Crippen LogP contribution in [-0.4, -0.2) is 19.6 Å². The molecule has 1 fully saturated rings. The highest BCUT2D eigenvalue weighted by atomic mass is 79.9. The minimum Gasteiger partial charge on any atom is -0.398 e. The van der Waals surface area contributed by atoms with E-state index in [4.69, 9.17) is 5.73 Å². The zero-order valence-electron chi connectivity index (χ0n) is 8.19. The highest BCUT2D eigenvalue weighted by Gasteiger charge is 2.18. The van der Waals surface area contributed by atoms with Crippen molar-refractivity contribution in [3.63, 3.8) is 0 Å². The van der Waals surface area contributed by atoms with Gasteiger partial charge >= 0.3 is 0 Å². The van der Waals surface area contributed by atoms with Crippen LogP contribution >= 0.6 is 31.9 Å². The molecule has 0 unspecified atom stereocenters. The molecular formula is C10H13Br2N3. The molecule has 1 aromatic carbocycles. The Morgan fingerprint density at radius 1 is 1.27 bits per heavy atom. The summed E-state index contributed by atoms with van der Waals surface area (Å²) < 4.78 is 1.99. The van der Waals surface area contributed by atoms with Crippen LogP contribution in [0.3, 0.4) is 0 Å². The fraction of sp³-hybridized carbons (Fsp3) is 0.400. The lowest BCUT2D eigenvalue weighted by molar-refractivity contribution is 0.431. The smallest absolute Gasteiger partial charge is 0.0508 e. The van der Waals surface area contributed by atoms with E-state index in [0.29, 0.717) is 6.04 Å². The van der Waals surface area contributed by atoms with Gasteiger partial charge in [-0.15, -0.1) is 0 Å². The van der Waals surface area contributed by atoms with E-state index in [1.54, 1.807) is 0 Å². The van der Waals surface area contributed by atoms with Crippen LogP contribution in [0.15, 0.2) is 21.1 Å². The first-order valence-electron chi connectivity index (χ1n) is 4.87. The van der Waals surface area contributed by atoms with Crippen LogP contribution in [0, 0.1) is 0 Å². The van der Waals surface area contributed by atoms with Gasteiger partial charge < -0.3 is 16.4 Å². The van der Waals surface area contributed by atoms with Crippen molar-refractivity contribution < 1.29 is 0 Å². The molecule has 0 spiro atoms. The number of benzene rings is 1. The molecule has 1 aliphatic heterocycles. The van der Waals surface area contributed by atoms with Crippen molar-refractivity contribution in [3.8, 4) is 0 Å². The largest absolute Gasteiger partial charge is 0.398 e. The van der Waals surface area contributed by atoms with Gasteiger partial charge in [-0.25, -0.2) is 0 Å². The van der Waals surface area contributed by atoms with Crippen molar-refractivity contribution in [1.29, 1.82) is 0 Å². The van der Waals surface area contributed by atoms with Gasteiger partial charge in [0.05, 0.1) is 5.69 Å². The molecule has 0 saturated carbocycles. The molecule has 1 aromatic rings. The highest BCUT2D eigenvalue weighted by molar-refractivity contribution is 9.11. The maximum absolute atomic E-state index is 6.05. The number of rotatable bonds is 1. The van der Waals surface area contributed by atoms with E-state index in [9.17, 15) is 0 Å². The van der Waals surface area contributed by atoms with Crippen LogP contribution in [0.4, 0.5) is 5.69 Å². The predicted molar refractivity (Wildman–Crippen MR) is 69.9 cm³/mol. The van der Waals surface area contributed by atoms with Gasteiger partial charge in [0.25, 0.3) is 0 Å². The number of nitrogen functional groups attached to an aromatic ring is 1. The number of halogens is 2. The third-order valence-corrected chi connectivity index (χ3v) is 3.66. The minimum atomic E-state index is 0.299. The summed E-state index contributed by atoms with van der Waals surface area (Å²) in [5.74, 6) is 0. The molecule has 2 rings (SSSR count). The molecule has 0 bridgehead atoms. The van der Waals surface area contributed by atoms with Gasteiger partial charge in [0.15, 0.2) is 0 Å². The second-order valence-corrected chi connectivity index (χ2v) is 5.37. The number of piperazine rings is 1. The van der Waals surface area contributed by atoms with E-state index in [1.807, 2.05) is 6.07 Å². The van der Waals surface area contributed by atoms with Gasteiger partial charge in [0.1, 0.15) is 0 Å². The van der Waals surface area contributed by atoms with E-state index >= 15 is 0 Å². The van der Waals surface area contributed by atoms with Gasteiger partial charge in [-0.2, -0.15) is 0 Å². The summed E-state index contributed by atoms with van der Waals surface area (Å²) in [5, 5.41) is 6.80. The van der Waals surface area contributed by atoms with Crippen LogP contribution < -0.4 is 16.4 Å². The predicted octanol–water partition coefficient (Wildman–Crippen LogP) is 2.03. The molecule has 0 amide bonds. The third-order valence-electron chi connectivity index (χ3n) is 2.54. The molecular weight excluding hydrogens is 322 g/mol. The average Bonchev–Trinajstić information content (AvgIpc) is 2.24. The van der Waals surface area contributed by atoms with Gasteiger partial charge in [0.2, 0.25) is 0 Å². The summed E-state index contributed by atoms with van der Waals surface area (Å²) in [6.45, 7) is 2.92. The Bertz CT molecular complexity index is 362. The third kappa shape index (κ3) is 2.53. The second-order valence-electron chi connectivity index (χ2n) is 3.60. The molecule has 3 nitrogen and oxygen atoms in total. The zero-order chi connectivity index (χ0) is 10.8. The van der Waals surface area contributed by atoms with E-state index in [1.165, 1.54) is 0 Å². The fourth-order valence-corrected chi connectivity index (χ4v) is 3.02. The molecule has 0 radical (unpaired) electrons. The van der Waals surface area contributed by atoms with E-state index in [0.717, 1.165) is 39.8 Å². The second kappa shape index (κ2) is 4.82. The van der Waals surface area contributed by atoms with E-state index in [-0.39, 0.29) is 0 Å². The Balaban J connectivity index is 2.33. The molecule has 0 aromatic heterocycles. The molecule has 1 atom stereocenters. The lowest BCUT2D eigenvalue weighted by atomic mass is 10.0. The van der Waals surface area contributed by atoms with Crippen molar-refractivity contribution in [3.05, 3.63) is 26.6 Å². The Labute approximate surface area is 106 Å². The number of nitrogens with two attached hydrogens (primary N) is 1. The summed E-state index contributed by atoms with van der Waals surface area (Å²) in [6.07, 6.45) is 0. The monoisotopic (exact) mass is 333 g/mol.